The quantitative estimate of drug-likeness (QED) is 0.831. The van der Waals surface area contributed by atoms with Gasteiger partial charge in [0.1, 0.15) is 17.6 Å². The van der Waals surface area contributed by atoms with Crippen molar-refractivity contribution in [2.24, 2.45) is 7.05 Å². The maximum atomic E-state index is 12.8. The van der Waals surface area contributed by atoms with E-state index in [2.05, 4.69) is 29.4 Å². The second kappa shape index (κ2) is 8.22. The van der Waals surface area contributed by atoms with E-state index < -0.39 is 0 Å². The molecule has 3 heterocycles. The van der Waals surface area contributed by atoms with Gasteiger partial charge in [0.2, 0.25) is 0 Å². The SMILES string of the molecule is Cc1noc(C)c1CO[C@@H]1COCC[C@H]1NC(=O)c1cc(C(C)C)nn1C. The summed E-state index contributed by atoms with van der Waals surface area (Å²) in [4.78, 5) is 12.8. The molecule has 2 aromatic rings. The first-order valence-corrected chi connectivity index (χ1v) is 9.32. The highest BCUT2D eigenvalue weighted by Crippen LogP contribution is 2.19. The maximum absolute atomic E-state index is 12.8. The number of hydrogen-bond donors (Lipinski definition) is 1. The number of carbonyl (C=O) groups is 1. The van der Waals surface area contributed by atoms with Crippen LogP contribution >= 0.6 is 0 Å². The molecule has 1 aliphatic heterocycles. The summed E-state index contributed by atoms with van der Waals surface area (Å²) in [6.07, 6.45) is 0.474. The van der Waals surface area contributed by atoms with Crippen LogP contribution in [0.25, 0.3) is 0 Å². The Balaban J connectivity index is 1.65. The Labute approximate surface area is 159 Å². The molecule has 1 N–H and O–H groups in total. The lowest BCUT2D eigenvalue weighted by Crippen LogP contribution is -2.50. The molecule has 8 heteroatoms. The number of nitrogens with zero attached hydrogens (tertiary/aromatic N) is 3. The number of aromatic nitrogens is 3. The third kappa shape index (κ3) is 4.39. The fourth-order valence-electron chi connectivity index (χ4n) is 3.17. The average Bonchev–Trinajstić information content (AvgIpc) is 3.17. The van der Waals surface area contributed by atoms with Gasteiger partial charge in [0.05, 0.1) is 30.6 Å². The molecule has 1 amide bonds. The molecule has 0 saturated carbocycles. The highest BCUT2D eigenvalue weighted by atomic mass is 16.5. The van der Waals surface area contributed by atoms with Crippen molar-refractivity contribution in [3.05, 3.63) is 34.5 Å². The molecule has 1 aliphatic rings. The van der Waals surface area contributed by atoms with E-state index >= 15 is 0 Å². The molecule has 148 valence electrons. The Hall–Kier alpha value is -2.19. The van der Waals surface area contributed by atoms with Gasteiger partial charge in [-0.2, -0.15) is 5.10 Å². The summed E-state index contributed by atoms with van der Waals surface area (Å²) in [5, 5.41) is 11.5. The molecule has 3 rings (SSSR count). The van der Waals surface area contributed by atoms with Gasteiger partial charge in [0.25, 0.3) is 5.91 Å². The first kappa shape index (κ1) is 19.6. The number of amides is 1. The molecule has 0 aliphatic carbocycles. The minimum absolute atomic E-state index is 0.121. The van der Waals surface area contributed by atoms with Crippen molar-refractivity contribution < 1.29 is 18.8 Å². The zero-order valence-corrected chi connectivity index (χ0v) is 16.6. The average molecular weight is 376 g/mol. The fourth-order valence-corrected chi connectivity index (χ4v) is 3.17. The van der Waals surface area contributed by atoms with E-state index in [0.29, 0.717) is 31.9 Å². The minimum Gasteiger partial charge on any atom is -0.379 e. The summed E-state index contributed by atoms with van der Waals surface area (Å²) in [5.74, 6) is 0.877. The van der Waals surface area contributed by atoms with Crippen LogP contribution in [0.2, 0.25) is 0 Å². The monoisotopic (exact) mass is 376 g/mol. The van der Waals surface area contributed by atoms with Gasteiger partial charge in [-0.25, -0.2) is 0 Å². The lowest BCUT2D eigenvalue weighted by atomic mass is 10.1. The van der Waals surface area contributed by atoms with Crippen LogP contribution in [0.4, 0.5) is 0 Å². The van der Waals surface area contributed by atoms with Crippen molar-refractivity contribution in [3.63, 3.8) is 0 Å². The molecule has 0 radical (unpaired) electrons. The van der Waals surface area contributed by atoms with Crippen LogP contribution in [0.5, 0.6) is 0 Å². The molecule has 1 saturated heterocycles. The highest BCUT2D eigenvalue weighted by Gasteiger charge is 2.30. The third-order valence-corrected chi connectivity index (χ3v) is 4.97. The van der Waals surface area contributed by atoms with E-state index in [1.54, 1.807) is 11.7 Å². The van der Waals surface area contributed by atoms with Crippen molar-refractivity contribution in [2.45, 2.75) is 58.8 Å². The Kier molecular flexibility index (Phi) is 5.96. The summed E-state index contributed by atoms with van der Waals surface area (Å²) in [5.41, 5.74) is 3.22. The first-order chi connectivity index (χ1) is 12.9. The van der Waals surface area contributed by atoms with Gasteiger partial charge in [-0.1, -0.05) is 19.0 Å². The molecular formula is C19H28N4O4. The van der Waals surface area contributed by atoms with Crippen LogP contribution in [0.3, 0.4) is 0 Å². The predicted molar refractivity (Wildman–Crippen MR) is 98.5 cm³/mol. The molecule has 2 aromatic heterocycles. The Morgan fingerprint density at radius 2 is 2.22 bits per heavy atom. The van der Waals surface area contributed by atoms with Gasteiger partial charge < -0.3 is 19.3 Å². The van der Waals surface area contributed by atoms with Crippen LogP contribution in [-0.4, -0.2) is 46.2 Å². The topological polar surface area (TPSA) is 91.4 Å². The van der Waals surface area contributed by atoms with Crippen molar-refractivity contribution in [1.29, 1.82) is 0 Å². The van der Waals surface area contributed by atoms with E-state index in [1.807, 2.05) is 19.9 Å². The number of hydrogen-bond acceptors (Lipinski definition) is 6. The van der Waals surface area contributed by atoms with Gasteiger partial charge in [-0.05, 0) is 32.3 Å². The first-order valence-electron chi connectivity index (χ1n) is 9.32. The van der Waals surface area contributed by atoms with Gasteiger partial charge in [-0.15, -0.1) is 0 Å². The molecule has 0 bridgehead atoms. The number of ether oxygens (including phenoxy) is 2. The van der Waals surface area contributed by atoms with Crippen LogP contribution in [0, 0.1) is 13.8 Å². The molecule has 0 aromatic carbocycles. The third-order valence-electron chi connectivity index (χ3n) is 4.97. The number of aryl methyl sites for hydroxylation is 3. The van der Waals surface area contributed by atoms with Gasteiger partial charge >= 0.3 is 0 Å². The molecule has 8 nitrogen and oxygen atoms in total. The van der Waals surface area contributed by atoms with E-state index in [0.717, 1.165) is 22.7 Å². The molecule has 27 heavy (non-hydrogen) atoms. The summed E-state index contributed by atoms with van der Waals surface area (Å²) in [6, 6.07) is 1.73. The van der Waals surface area contributed by atoms with Gasteiger partial charge in [-0.3, -0.25) is 9.48 Å². The van der Waals surface area contributed by atoms with E-state index in [4.69, 9.17) is 14.0 Å². The molecular weight excluding hydrogens is 348 g/mol. The Bertz CT molecular complexity index is 776. The summed E-state index contributed by atoms with van der Waals surface area (Å²) >= 11 is 0. The zero-order valence-electron chi connectivity index (χ0n) is 16.6. The van der Waals surface area contributed by atoms with Gasteiger partial charge in [0, 0.05) is 19.2 Å². The fraction of sp³-hybridized carbons (Fsp3) is 0.632. The zero-order chi connectivity index (χ0) is 19.6. The second-order valence-corrected chi connectivity index (χ2v) is 7.33. The molecule has 2 atom stereocenters. The van der Waals surface area contributed by atoms with E-state index in [9.17, 15) is 4.79 Å². The lowest BCUT2D eigenvalue weighted by molar-refractivity contribution is -0.0739. The van der Waals surface area contributed by atoms with Crippen molar-refractivity contribution >= 4 is 5.91 Å². The number of nitrogens with one attached hydrogen (secondary N) is 1. The second-order valence-electron chi connectivity index (χ2n) is 7.33. The Morgan fingerprint density at radius 3 is 2.85 bits per heavy atom. The van der Waals surface area contributed by atoms with Crippen molar-refractivity contribution in [3.8, 4) is 0 Å². The van der Waals surface area contributed by atoms with E-state index in [1.165, 1.54) is 0 Å². The summed E-state index contributed by atoms with van der Waals surface area (Å²) < 4.78 is 18.4. The van der Waals surface area contributed by atoms with Crippen LogP contribution in [0.1, 0.15) is 59.4 Å². The molecule has 0 spiro atoms. The molecule has 1 fully saturated rings. The van der Waals surface area contributed by atoms with Crippen LogP contribution in [0.15, 0.2) is 10.6 Å². The van der Waals surface area contributed by atoms with E-state index in [-0.39, 0.29) is 24.0 Å². The normalized spacial score (nSPS) is 20.2. The summed E-state index contributed by atoms with van der Waals surface area (Å²) in [7, 11) is 1.79. The minimum atomic E-state index is -0.228. The predicted octanol–water partition coefficient (Wildman–Crippen LogP) is 2.25. The van der Waals surface area contributed by atoms with Crippen LogP contribution in [-0.2, 0) is 23.1 Å². The number of rotatable bonds is 6. The largest absolute Gasteiger partial charge is 0.379 e. The maximum Gasteiger partial charge on any atom is 0.269 e. The van der Waals surface area contributed by atoms with Crippen molar-refractivity contribution in [2.75, 3.05) is 13.2 Å². The van der Waals surface area contributed by atoms with Gasteiger partial charge in [0.15, 0.2) is 0 Å². The highest BCUT2D eigenvalue weighted by molar-refractivity contribution is 5.92. The number of carbonyl (C=O) groups excluding carboxylic acids is 1. The summed E-state index contributed by atoms with van der Waals surface area (Å²) in [6.45, 7) is 9.28. The smallest absolute Gasteiger partial charge is 0.269 e. The standard InChI is InChI=1S/C19H28N4O4/c1-11(2)16-8-17(23(5)21-16)19(24)20-15-6-7-25-10-18(15)26-9-14-12(3)22-27-13(14)4/h8,11,15,18H,6-7,9-10H2,1-5H3,(H,20,24)/t15-,18-/m1/s1. The van der Waals surface area contributed by atoms with Crippen molar-refractivity contribution in [1.82, 2.24) is 20.3 Å². The lowest BCUT2D eigenvalue weighted by Gasteiger charge is -2.32. The van der Waals surface area contributed by atoms with Crippen LogP contribution < -0.4 is 5.32 Å². The Morgan fingerprint density at radius 1 is 1.44 bits per heavy atom. The molecule has 0 unspecified atom stereocenters.